The summed E-state index contributed by atoms with van der Waals surface area (Å²) in [4.78, 5) is 0. The molecule has 0 bridgehead atoms. The van der Waals surface area contributed by atoms with Gasteiger partial charge < -0.3 is 0 Å². The molecule has 0 spiro atoms. The Bertz CT molecular complexity index is 497. The maximum absolute atomic E-state index is 3.53. The maximum atomic E-state index is 3.53. The van der Waals surface area contributed by atoms with Crippen molar-refractivity contribution in [3.63, 3.8) is 0 Å². The van der Waals surface area contributed by atoms with Crippen molar-refractivity contribution in [2.75, 3.05) is 0 Å². The molecule has 0 amide bonds. The van der Waals surface area contributed by atoms with E-state index in [0.717, 1.165) is 17.3 Å². The van der Waals surface area contributed by atoms with Gasteiger partial charge in [0.05, 0.1) is 0 Å². The van der Waals surface area contributed by atoms with E-state index in [9.17, 15) is 0 Å². The van der Waals surface area contributed by atoms with E-state index in [0.29, 0.717) is 0 Å². The zero-order valence-corrected chi connectivity index (χ0v) is 11.9. The normalized spacial score (nSPS) is 10.5. The molecule has 0 heterocycles. The zero-order chi connectivity index (χ0) is 12.3. The summed E-state index contributed by atoms with van der Waals surface area (Å²) in [6.07, 6.45) is 2.12. The Kier molecular flexibility index (Phi) is 4.01. The van der Waals surface area contributed by atoms with Gasteiger partial charge in [0.2, 0.25) is 0 Å². The first-order valence-corrected chi connectivity index (χ1v) is 6.81. The van der Waals surface area contributed by atoms with Crippen molar-refractivity contribution >= 4 is 15.9 Å². The third kappa shape index (κ3) is 3.19. The topological polar surface area (TPSA) is 0 Å². The van der Waals surface area contributed by atoms with Crippen molar-refractivity contribution in [2.45, 2.75) is 26.7 Å². The van der Waals surface area contributed by atoms with Crippen LogP contribution < -0.4 is 0 Å². The number of hydrogen-bond donors (Lipinski definition) is 0. The van der Waals surface area contributed by atoms with Crippen LogP contribution in [0.25, 0.3) is 0 Å². The van der Waals surface area contributed by atoms with Crippen molar-refractivity contribution in [3.05, 3.63) is 69.2 Å². The van der Waals surface area contributed by atoms with Gasteiger partial charge in [-0.25, -0.2) is 0 Å². The fraction of sp³-hybridized carbons (Fsp3) is 0.250. The summed E-state index contributed by atoms with van der Waals surface area (Å²) in [6.45, 7) is 4.36. The van der Waals surface area contributed by atoms with E-state index in [4.69, 9.17) is 0 Å². The van der Waals surface area contributed by atoms with Gasteiger partial charge in [-0.15, -0.1) is 0 Å². The molecule has 0 unspecified atom stereocenters. The highest BCUT2D eigenvalue weighted by molar-refractivity contribution is 9.10. The van der Waals surface area contributed by atoms with Crippen LogP contribution in [-0.4, -0.2) is 0 Å². The van der Waals surface area contributed by atoms with Crippen LogP contribution in [0.2, 0.25) is 0 Å². The molecule has 0 radical (unpaired) electrons. The molecule has 0 aliphatic heterocycles. The van der Waals surface area contributed by atoms with E-state index in [1.54, 1.807) is 0 Å². The molecule has 17 heavy (non-hydrogen) atoms. The molecular weight excluding hydrogens is 272 g/mol. The first kappa shape index (κ1) is 12.4. The summed E-state index contributed by atoms with van der Waals surface area (Å²) in [6, 6.07) is 15.4. The first-order valence-electron chi connectivity index (χ1n) is 6.02. The van der Waals surface area contributed by atoms with Crippen LogP contribution >= 0.6 is 15.9 Å². The summed E-state index contributed by atoms with van der Waals surface area (Å²) in [5.74, 6) is 0. The minimum atomic E-state index is 1.01. The molecule has 2 rings (SSSR count). The molecule has 0 atom stereocenters. The lowest BCUT2D eigenvalue weighted by Gasteiger charge is -2.07. The van der Waals surface area contributed by atoms with Gasteiger partial charge in [-0.05, 0) is 54.2 Å². The Hall–Kier alpha value is -1.08. The lowest BCUT2D eigenvalue weighted by atomic mass is 9.99. The standard InChI is InChI=1S/C16H17Br/c1-3-13-5-7-14(8-6-13)10-15-11-16(17)9-4-12(15)2/h4-9,11H,3,10H2,1-2H3. The second kappa shape index (κ2) is 5.50. The fourth-order valence-corrected chi connectivity index (χ4v) is 2.35. The minimum Gasteiger partial charge on any atom is -0.0613 e. The van der Waals surface area contributed by atoms with Crippen LogP contribution in [0.3, 0.4) is 0 Å². The zero-order valence-electron chi connectivity index (χ0n) is 10.3. The van der Waals surface area contributed by atoms with Crippen LogP contribution in [0.1, 0.15) is 29.2 Å². The predicted octanol–water partition coefficient (Wildman–Crippen LogP) is 4.91. The molecule has 2 aromatic rings. The van der Waals surface area contributed by atoms with Crippen LogP contribution in [-0.2, 0) is 12.8 Å². The first-order chi connectivity index (χ1) is 8.19. The Labute approximate surface area is 112 Å². The summed E-state index contributed by atoms with van der Waals surface area (Å²) in [5.41, 5.74) is 5.53. The highest BCUT2D eigenvalue weighted by Crippen LogP contribution is 2.19. The van der Waals surface area contributed by atoms with Crippen LogP contribution in [0, 0.1) is 6.92 Å². The van der Waals surface area contributed by atoms with Gasteiger partial charge in [-0.2, -0.15) is 0 Å². The molecule has 0 aliphatic rings. The molecule has 0 saturated heterocycles. The van der Waals surface area contributed by atoms with Crippen molar-refractivity contribution < 1.29 is 0 Å². The molecule has 0 N–H and O–H groups in total. The average Bonchev–Trinajstić information content (AvgIpc) is 2.35. The van der Waals surface area contributed by atoms with E-state index < -0.39 is 0 Å². The Morgan fingerprint density at radius 3 is 2.24 bits per heavy atom. The van der Waals surface area contributed by atoms with Gasteiger partial charge >= 0.3 is 0 Å². The molecular formula is C16H17Br. The summed E-state index contributed by atoms with van der Waals surface area (Å²) < 4.78 is 1.16. The van der Waals surface area contributed by atoms with Gasteiger partial charge in [0.15, 0.2) is 0 Å². The van der Waals surface area contributed by atoms with Crippen molar-refractivity contribution in [2.24, 2.45) is 0 Å². The number of rotatable bonds is 3. The minimum absolute atomic E-state index is 1.01. The lowest BCUT2D eigenvalue weighted by molar-refractivity contribution is 1.11. The molecule has 88 valence electrons. The van der Waals surface area contributed by atoms with E-state index in [1.165, 1.54) is 22.3 Å². The van der Waals surface area contributed by atoms with Gasteiger partial charge in [-0.3, -0.25) is 0 Å². The smallest absolute Gasteiger partial charge is 0.0178 e. The number of halogens is 1. The number of benzene rings is 2. The van der Waals surface area contributed by atoms with E-state index in [2.05, 4.69) is 72.2 Å². The molecule has 2 aromatic carbocycles. The molecule has 0 nitrogen and oxygen atoms in total. The van der Waals surface area contributed by atoms with Gasteiger partial charge in [0.25, 0.3) is 0 Å². The molecule has 0 saturated carbocycles. The quantitative estimate of drug-likeness (QED) is 0.753. The number of aryl methyl sites for hydroxylation is 2. The lowest BCUT2D eigenvalue weighted by Crippen LogP contribution is -1.92. The van der Waals surface area contributed by atoms with Gasteiger partial charge in [0, 0.05) is 4.47 Å². The second-order valence-electron chi connectivity index (χ2n) is 4.42. The molecule has 1 heteroatoms. The van der Waals surface area contributed by atoms with Gasteiger partial charge in [0.1, 0.15) is 0 Å². The third-order valence-electron chi connectivity index (χ3n) is 3.14. The van der Waals surface area contributed by atoms with Crippen molar-refractivity contribution in [1.82, 2.24) is 0 Å². The largest absolute Gasteiger partial charge is 0.0613 e. The van der Waals surface area contributed by atoms with E-state index in [-0.39, 0.29) is 0 Å². The summed E-state index contributed by atoms with van der Waals surface area (Å²) in [7, 11) is 0. The molecule has 0 fully saturated rings. The van der Waals surface area contributed by atoms with Gasteiger partial charge in [-0.1, -0.05) is 53.2 Å². The van der Waals surface area contributed by atoms with Crippen molar-refractivity contribution in [1.29, 1.82) is 0 Å². The number of hydrogen-bond acceptors (Lipinski definition) is 0. The summed E-state index contributed by atoms with van der Waals surface area (Å²) >= 11 is 3.53. The van der Waals surface area contributed by atoms with E-state index in [1.807, 2.05) is 0 Å². The summed E-state index contributed by atoms with van der Waals surface area (Å²) in [5, 5.41) is 0. The van der Waals surface area contributed by atoms with Crippen LogP contribution in [0.5, 0.6) is 0 Å². The van der Waals surface area contributed by atoms with Crippen molar-refractivity contribution in [3.8, 4) is 0 Å². The Morgan fingerprint density at radius 2 is 1.59 bits per heavy atom. The Balaban J connectivity index is 2.22. The maximum Gasteiger partial charge on any atom is 0.0178 e. The predicted molar refractivity (Wildman–Crippen MR) is 77.5 cm³/mol. The SMILES string of the molecule is CCc1ccc(Cc2cc(Br)ccc2C)cc1. The highest BCUT2D eigenvalue weighted by atomic mass is 79.9. The van der Waals surface area contributed by atoms with E-state index >= 15 is 0 Å². The average molecular weight is 289 g/mol. The Morgan fingerprint density at radius 1 is 0.941 bits per heavy atom. The highest BCUT2D eigenvalue weighted by Gasteiger charge is 2.01. The second-order valence-corrected chi connectivity index (χ2v) is 5.33. The van der Waals surface area contributed by atoms with Crippen LogP contribution in [0.15, 0.2) is 46.9 Å². The molecule has 0 aromatic heterocycles. The van der Waals surface area contributed by atoms with Crippen LogP contribution in [0.4, 0.5) is 0 Å². The fourth-order valence-electron chi connectivity index (χ4n) is 1.94. The molecule has 0 aliphatic carbocycles. The monoisotopic (exact) mass is 288 g/mol. The third-order valence-corrected chi connectivity index (χ3v) is 3.63.